The van der Waals surface area contributed by atoms with Crippen LogP contribution in [0.2, 0.25) is 0 Å². The van der Waals surface area contributed by atoms with Crippen molar-refractivity contribution in [2.45, 2.75) is 20.8 Å². The van der Waals surface area contributed by atoms with Gasteiger partial charge in [-0.15, -0.1) is 0 Å². The number of fused-ring (bicyclic) bond motifs is 1. The summed E-state index contributed by atoms with van der Waals surface area (Å²) in [5.41, 5.74) is -0.282. The van der Waals surface area contributed by atoms with Gasteiger partial charge in [-0.2, -0.15) is 0 Å². The molecule has 21 heavy (non-hydrogen) atoms. The Bertz CT molecular complexity index is 640. The maximum absolute atomic E-state index is 12.1. The van der Waals surface area contributed by atoms with E-state index in [-0.39, 0.29) is 52.4 Å². The molecule has 0 radical (unpaired) electrons. The standard InChI is InChI=1S/C16H16O3.2Bi.6H/c1-16(2,3)15(18)19-14(17)13-10-6-8-11-7-4-5-9-12(11)13;;;;;;;;/h4-10H,1-3H3;;;;;;;;. The molecule has 0 amide bonds. The van der Waals surface area contributed by atoms with Gasteiger partial charge in [0.2, 0.25) is 0 Å². The molecule has 114 valence electrons. The quantitative estimate of drug-likeness (QED) is 0.259. The first kappa shape index (κ1) is 20.6. The van der Waals surface area contributed by atoms with Crippen molar-refractivity contribution in [1.29, 1.82) is 0 Å². The number of carbonyl (C=O) groups is 2. The predicted octanol–water partition coefficient (Wildman–Crippen LogP) is 1.20. The Hall–Kier alpha value is -0.394. The average Bonchev–Trinajstić information content (AvgIpc) is 2.36. The Morgan fingerprint density at radius 1 is 0.905 bits per heavy atom. The van der Waals surface area contributed by atoms with E-state index >= 15 is 0 Å². The van der Waals surface area contributed by atoms with E-state index in [1.165, 1.54) is 0 Å². The number of esters is 2. The molecule has 0 aromatic heterocycles. The van der Waals surface area contributed by atoms with E-state index in [1.807, 2.05) is 30.3 Å². The summed E-state index contributed by atoms with van der Waals surface area (Å²) in [4.78, 5) is 23.8. The van der Waals surface area contributed by atoms with Crippen molar-refractivity contribution < 1.29 is 14.3 Å². The molecule has 0 aliphatic rings. The molecule has 0 aliphatic carbocycles. The molecule has 0 saturated carbocycles. The zero-order valence-corrected chi connectivity index (χ0v) is 23.7. The number of hydrogen-bond acceptors (Lipinski definition) is 3. The van der Waals surface area contributed by atoms with Crippen LogP contribution in [0.4, 0.5) is 0 Å². The Kier molecular flexibility index (Phi) is 8.14. The fraction of sp³-hybridized carbons (Fsp3) is 0.250. The summed E-state index contributed by atoms with van der Waals surface area (Å²) < 4.78 is 4.93. The molecule has 0 atom stereocenters. The fourth-order valence-corrected chi connectivity index (χ4v) is 1.70. The van der Waals surface area contributed by atoms with Crippen molar-refractivity contribution in [3.63, 3.8) is 0 Å². The van der Waals surface area contributed by atoms with Crippen LogP contribution in [0.15, 0.2) is 42.5 Å². The van der Waals surface area contributed by atoms with Gasteiger partial charge in [0.15, 0.2) is 0 Å². The topological polar surface area (TPSA) is 43.4 Å². The van der Waals surface area contributed by atoms with E-state index in [0.29, 0.717) is 5.56 Å². The molecule has 3 nitrogen and oxygen atoms in total. The normalized spacial score (nSPS) is 10.2. The fourth-order valence-electron chi connectivity index (χ4n) is 1.70. The van der Waals surface area contributed by atoms with E-state index in [4.69, 9.17) is 4.74 Å². The third-order valence-electron chi connectivity index (χ3n) is 2.81. The Labute approximate surface area is 162 Å². The van der Waals surface area contributed by atoms with Crippen LogP contribution in [0, 0.1) is 5.41 Å². The Morgan fingerprint density at radius 3 is 2.10 bits per heavy atom. The van der Waals surface area contributed by atoms with Gasteiger partial charge in [-0.3, -0.25) is 4.79 Å². The zero-order chi connectivity index (χ0) is 14.0. The van der Waals surface area contributed by atoms with Crippen LogP contribution in [-0.2, 0) is 9.53 Å². The van der Waals surface area contributed by atoms with E-state index in [9.17, 15) is 9.59 Å². The number of hydrogen-bond donors (Lipinski definition) is 0. The molecule has 5 heteroatoms. The average molecular weight is 680 g/mol. The number of carbonyl (C=O) groups excluding carboxylic acids is 2. The van der Waals surface area contributed by atoms with Gasteiger partial charge in [-0.1, -0.05) is 36.4 Å². The molecule has 0 saturated heterocycles. The third-order valence-corrected chi connectivity index (χ3v) is 2.81. The molecule has 0 heterocycles. The molecule has 0 spiro atoms. The summed E-state index contributed by atoms with van der Waals surface area (Å²) >= 11 is 0. The van der Waals surface area contributed by atoms with E-state index in [1.54, 1.807) is 32.9 Å². The van der Waals surface area contributed by atoms with Gasteiger partial charge in [0.25, 0.3) is 0 Å². The SMILES string of the molecule is CC(C)(C)C(=O)OC(=O)c1cccc2ccccc12.[BiH3].[BiH3]. The van der Waals surface area contributed by atoms with Crippen LogP contribution in [0.1, 0.15) is 31.1 Å². The number of ether oxygens (including phenoxy) is 1. The van der Waals surface area contributed by atoms with Crippen molar-refractivity contribution in [3.05, 3.63) is 48.0 Å². The van der Waals surface area contributed by atoms with Crippen molar-refractivity contribution >= 4 is 75.1 Å². The third kappa shape index (κ3) is 5.07. The van der Waals surface area contributed by atoms with Gasteiger partial charge in [0, 0.05) is 0 Å². The summed E-state index contributed by atoms with van der Waals surface area (Å²) in [6.45, 7) is 5.14. The summed E-state index contributed by atoms with van der Waals surface area (Å²) in [6.07, 6.45) is 0. The van der Waals surface area contributed by atoms with Crippen molar-refractivity contribution in [1.82, 2.24) is 0 Å². The van der Waals surface area contributed by atoms with Crippen molar-refractivity contribution in [3.8, 4) is 0 Å². The van der Waals surface area contributed by atoms with Gasteiger partial charge in [0.05, 0.1) is 11.0 Å². The summed E-state index contributed by atoms with van der Waals surface area (Å²) in [5, 5.41) is 1.73. The molecule has 2 aromatic carbocycles. The molecule has 0 bridgehead atoms. The Morgan fingerprint density at radius 2 is 1.48 bits per heavy atom. The summed E-state index contributed by atoms with van der Waals surface area (Å²) in [5.74, 6) is -1.12. The molecular weight excluding hydrogens is 658 g/mol. The summed E-state index contributed by atoms with van der Waals surface area (Å²) in [7, 11) is 0. The maximum atomic E-state index is 12.1. The summed E-state index contributed by atoms with van der Waals surface area (Å²) in [6, 6.07) is 12.9. The van der Waals surface area contributed by atoms with Gasteiger partial charge in [-0.05, 0) is 37.6 Å². The van der Waals surface area contributed by atoms with Gasteiger partial charge in [-0.25, -0.2) is 4.79 Å². The Balaban J connectivity index is 0.00000200. The predicted molar refractivity (Wildman–Crippen MR) is 93.7 cm³/mol. The first-order valence-electron chi connectivity index (χ1n) is 6.14. The molecule has 2 rings (SSSR count). The molecule has 0 N–H and O–H groups in total. The van der Waals surface area contributed by atoms with Crippen LogP contribution >= 0.6 is 0 Å². The second kappa shape index (κ2) is 8.29. The molecular formula is C16H22Bi2O3. The monoisotopic (exact) mass is 680 g/mol. The van der Waals surface area contributed by atoms with Crippen molar-refractivity contribution in [2.24, 2.45) is 5.41 Å². The second-order valence-electron chi connectivity index (χ2n) is 5.45. The number of benzene rings is 2. The van der Waals surface area contributed by atoms with Crippen molar-refractivity contribution in [2.75, 3.05) is 0 Å². The van der Waals surface area contributed by atoms with Gasteiger partial charge < -0.3 is 4.74 Å². The zero-order valence-electron chi connectivity index (χ0n) is 12.7. The molecule has 0 unspecified atom stereocenters. The van der Waals surface area contributed by atoms with Crippen LogP contribution < -0.4 is 0 Å². The van der Waals surface area contributed by atoms with E-state index in [0.717, 1.165) is 10.8 Å². The van der Waals surface area contributed by atoms with Gasteiger partial charge in [0.1, 0.15) is 0 Å². The molecule has 0 fully saturated rings. The van der Waals surface area contributed by atoms with Crippen LogP contribution in [0.3, 0.4) is 0 Å². The minimum absolute atomic E-state index is 0. The van der Waals surface area contributed by atoms with E-state index < -0.39 is 17.4 Å². The minimum atomic E-state index is -0.694. The van der Waals surface area contributed by atoms with Crippen LogP contribution in [-0.4, -0.2) is 64.3 Å². The van der Waals surface area contributed by atoms with E-state index in [2.05, 4.69) is 0 Å². The first-order valence-corrected chi connectivity index (χ1v) is 6.14. The first-order chi connectivity index (χ1) is 8.89. The number of rotatable bonds is 1. The molecule has 0 aliphatic heterocycles. The van der Waals surface area contributed by atoms with Crippen LogP contribution in [0.25, 0.3) is 10.8 Å². The second-order valence-corrected chi connectivity index (χ2v) is 5.45. The van der Waals surface area contributed by atoms with Gasteiger partial charge >= 0.3 is 64.3 Å². The van der Waals surface area contributed by atoms with Crippen LogP contribution in [0.5, 0.6) is 0 Å². The molecule has 2 aromatic rings.